The molecule has 8 heteroatoms. The number of amides is 1. The van der Waals surface area contributed by atoms with Crippen molar-refractivity contribution in [3.05, 3.63) is 59.7 Å². The highest BCUT2D eigenvalue weighted by molar-refractivity contribution is 7.89. The summed E-state index contributed by atoms with van der Waals surface area (Å²) in [5.41, 5.74) is 2.64. The van der Waals surface area contributed by atoms with Gasteiger partial charge in [0.2, 0.25) is 10.0 Å². The van der Waals surface area contributed by atoms with Crippen LogP contribution in [-0.4, -0.2) is 51.4 Å². The highest BCUT2D eigenvalue weighted by Crippen LogP contribution is 2.34. The molecule has 3 aliphatic heterocycles. The largest absolute Gasteiger partial charge is 0.370 e. The van der Waals surface area contributed by atoms with Gasteiger partial charge in [0.1, 0.15) is 0 Å². The normalized spacial score (nSPS) is 24.9. The summed E-state index contributed by atoms with van der Waals surface area (Å²) >= 11 is 5.80. The van der Waals surface area contributed by atoms with Gasteiger partial charge in [0.05, 0.1) is 4.90 Å². The summed E-state index contributed by atoms with van der Waals surface area (Å²) in [4.78, 5) is 17.6. The number of nitrogens with zero attached hydrogens (tertiary/aromatic N) is 2. The SMILES string of the molecule is O=C(c1ccc(N2CCC(NS(=O)(=O)c3ccc(CCl)cc3)C2)cc1)N1CC2CCC(CC2)C1. The fourth-order valence-corrected chi connectivity index (χ4v) is 7.03. The molecule has 1 atom stereocenters. The number of benzene rings is 2. The van der Waals surface area contributed by atoms with Crippen LogP contribution in [-0.2, 0) is 15.9 Å². The van der Waals surface area contributed by atoms with Gasteiger partial charge in [-0.05, 0) is 85.9 Å². The van der Waals surface area contributed by atoms with E-state index in [4.69, 9.17) is 11.6 Å². The van der Waals surface area contributed by atoms with E-state index in [2.05, 4.69) is 14.5 Å². The lowest BCUT2D eigenvalue weighted by molar-refractivity contribution is 0.0739. The van der Waals surface area contributed by atoms with E-state index in [-0.39, 0.29) is 16.8 Å². The van der Waals surface area contributed by atoms with E-state index >= 15 is 0 Å². The summed E-state index contributed by atoms with van der Waals surface area (Å²) in [5, 5.41) is 0. The van der Waals surface area contributed by atoms with Gasteiger partial charge in [0.25, 0.3) is 5.91 Å². The van der Waals surface area contributed by atoms with Crippen LogP contribution in [0.1, 0.15) is 48.0 Å². The Morgan fingerprint density at radius 3 is 2.09 bits per heavy atom. The maximum Gasteiger partial charge on any atom is 0.253 e. The summed E-state index contributed by atoms with van der Waals surface area (Å²) < 4.78 is 28.4. The molecule has 4 aliphatic rings. The molecular weight excluding hydrogens is 470 g/mol. The van der Waals surface area contributed by atoms with Crippen molar-refractivity contribution in [2.24, 2.45) is 11.8 Å². The number of hydrogen-bond donors (Lipinski definition) is 1. The van der Waals surface area contributed by atoms with E-state index in [1.165, 1.54) is 25.7 Å². The molecule has 182 valence electrons. The molecule has 6 rings (SSSR count). The molecule has 0 radical (unpaired) electrons. The quantitative estimate of drug-likeness (QED) is 0.601. The molecule has 1 unspecified atom stereocenters. The molecule has 2 aromatic carbocycles. The first-order chi connectivity index (χ1) is 16.4. The van der Waals surface area contributed by atoms with Gasteiger partial charge in [-0.15, -0.1) is 11.6 Å². The van der Waals surface area contributed by atoms with Crippen LogP contribution in [0.5, 0.6) is 0 Å². The summed E-state index contributed by atoms with van der Waals surface area (Å²) in [5.74, 6) is 1.81. The van der Waals surface area contributed by atoms with Gasteiger partial charge in [-0.3, -0.25) is 4.79 Å². The van der Waals surface area contributed by atoms with Gasteiger partial charge in [0.15, 0.2) is 0 Å². The third kappa shape index (κ3) is 5.11. The van der Waals surface area contributed by atoms with E-state index in [0.717, 1.165) is 42.9 Å². The van der Waals surface area contributed by atoms with Crippen LogP contribution < -0.4 is 9.62 Å². The Morgan fingerprint density at radius 1 is 0.882 bits per heavy atom. The van der Waals surface area contributed by atoms with Crippen molar-refractivity contribution in [2.45, 2.75) is 48.9 Å². The Balaban J connectivity index is 1.19. The Bertz CT molecular complexity index is 1100. The number of alkyl halides is 1. The van der Waals surface area contributed by atoms with Crippen LogP contribution in [0.25, 0.3) is 0 Å². The Kier molecular flexibility index (Phi) is 6.87. The van der Waals surface area contributed by atoms with Gasteiger partial charge in [0, 0.05) is 49.4 Å². The lowest BCUT2D eigenvalue weighted by Crippen LogP contribution is -2.37. The zero-order valence-corrected chi connectivity index (χ0v) is 20.9. The van der Waals surface area contributed by atoms with E-state index in [9.17, 15) is 13.2 Å². The molecule has 3 heterocycles. The summed E-state index contributed by atoms with van der Waals surface area (Å²) in [7, 11) is -3.58. The number of carbonyl (C=O) groups is 1. The Hall–Kier alpha value is -2.09. The minimum Gasteiger partial charge on any atom is -0.370 e. The van der Waals surface area contributed by atoms with Gasteiger partial charge in [-0.2, -0.15) is 0 Å². The van der Waals surface area contributed by atoms with Crippen molar-refractivity contribution in [1.29, 1.82) is 0 Å². The zero-order chi connectivity index (χ0) is 23.7. The van der Waals surface area contributed by atoms with Gasteiger partial charge in [-0.25, -0.2) is 13.1 Å². The summed E-state index contributed by atoms with van der Waals surface area (Å²) in [6.45, 7) is 3.14. The number of hydrogen-bond acceptors (Lipinski definition) is 4. The standard InChI is InChI=1S/C26H32ClN3O3S/c27-15-19-5-11-25(12-6-19)34(32,33)28-23-13-14-29(18-23)24-9-7-22(8-10-24)26(31)30-16-20-1-2-21(17-30)4-3-20/h5-12,20-21,23,28H,1-4,13-18H2. The van der Waals surface area contributed by atoms with Gasteiger partial charge >= 0.3 is 0 Å². The fourth-order valence-electron chi connectivity index (χ4n) is 5.59. The number of rotatable bonds is 6. The van der Waals surface area contributed by atoms with Crippen molar-refractivity contribution in [2.75, 3.05) is 31.1 Å². The minimum absolute atomic E-state index is 0.137. The van der Waals surface area contributed by atoms with E-state index in [1.54, 1.807) is 24.3 Å². The first-order valence-corrected chi connectivity index (χ1v) is 14.2. The van der Waals surface area contributed by atoms with E-state index < -0.39 is 10.0 Å². The van der Waals surface area contributed by atoms with Crippen molar-refractivity contribution in [3.63, 3.8) is 0 Å². The van der Waals surface area contributed by atoms with Crippen LogP contribution >= 0.6 is 11.6 Å². The second kappa shape index (κ2) is 9.88. The number of nitrogens with one attached hydrogen (secondary N) is 1. The van der Waals surface area contributed by atoms with E-state index in [1.807, 2.05) is 24.3 Å². The average molecular weight is 502 g/mol. The Labute approximate surface area is 207 Å². The highest BCUT2D eigenvalue weighted by atomic mass is 35.5. The first-order valence-electron chi connectivity index (χ1n) is 12.2. The summed E-state index contributed by atoms with van der Waals surface area (Å²) in [6, 6.07) is 14.3. The lowest BCUT2D eigenvalue weighted by atomic mass is 9.84. The number of halogens is 1. The molecular formula is C26H32ClN3O3S. The molecule has 2 bridgehead atoms. The fraction of sp³-hybridized carbons (Fsp3) is 0.500. The van der Waals surface area contributed by atoms with Crippen LogP contribution in [0.4, 0.5) is 5.69 Å². The average Bonchev–Trinajstić information content (AvgIpc) is 3.10. The second-order valence-electron chi connectivity index (χ2n) is 9.97. The topological polar surface area (TPSA) is 69.7 Å². The van der Waals surface area contributed by atoms with Crippen LogP contribution in [0.3, 0.4) is 0 Å². The minimum atomic E-state index is -3.58. The smallest absolute Gasteiger partial charge is 0.253 e. The molecule has 1 N–H and O–H groups in total. The first kappa shape index (κ1) is 23.6. The molecule has 1 amide bonds. The van der Waals surface area contributed by atoms with Crippen molar-refractivity contribution in [3.8, 4) is 0 Å². The third-order valence-corrected chi connectivity index (χ3v) is 9.43. The molecule has 0 spiro atoms. The summed E-state index contributed by atoms with van der Waals surface area (Å²) in [6.07, 6.45) is 5.76. The molecule has 1 saturated carbocycles. The van der Waals surface area contributed by atoms with Gasteiger partial charge in [-0.1, -0.05) is 12.1 Å². The number of anilines is 1. The molecule has 4 fully saturated rings. The van der Waals surface area contributed by atoms with Crippen LogP contribution in [0.2, 0.25) is 0 Å². The van der Waals surface area contributed by atoms with Gasteiger partial charge < -0.3 is 9.80 Å². The zero-order valence-electron chi connectivity index (χ0n) is 19.3. The third-order valence-electron chi connectivity index (χ3n) is 7.59. The maximum atomic E-state index is 13.1. The predicted molar refractivity (Wildman–Crippen MR) is 135 cm³/mol. The van der Waals surface area contributed by atoms with Crippen molar-refractivity contribution in [1.82, 2.24) is 9.62 Å². The molecule has 1 aliphatic carbocycles. The molecule has 0 aromatic heterocycles. The van der Waals surface area contributed by atoms with Crippen LogP contribution in [0, 0.1) is 11.8 Å². The number of fused-ring (bicyclic) bond motifs is 4. The lowest BCUT2D eigenvalue weighted by Gasteiger charge is -2.23. The second-order valence-corrected chi connectivity index (χ2v) is 12.0. The number of sulfonamides is 1. The monoisotopic (exact) mass is 501 g/mol. The highest BCUT2D eigenvalue weighted by Gasteiger charge is 2.32. The molecule has 6 nitrogen and oxygen atoms in total. The molecule has 3 saturated heterocycles. The Morgan fingerprint density at radius 2 is 1.50 bits per heavy atom. The predicted octanol–water partition coefficient (Wildman–Crippen LogP) is 4.24. The van der Waals surface area contributed by atoms with Crippen molar-refractivity contribution < 1.29 is 13.2 Å². The van der Waals surface area contributed by atoms with E-state index in [0.29, 0.717) is 24.3 Å². The van der Waals surface area contributed by atoms with Crippen LogP contribution in [0.15, 0.2) is 53.4 Å². The maximum absolute atomic E-state index is 13.1. The molecule has 34 heavy (non-hydrogen) atoms. The van der Waals surface area contributed by atoms with Crippen molar-refractivity contribution >= 4 is 33.2 Å². The number of carbonyl (C=O) groups excluding carboxylic acids is 1. The molecule has 2 aromatic rings.